The summed E-state index contributed by atoms with van der Waals surface area (Å²) in [5, 5.41) is 19.7. The number of benzene rings is 1. The van der Waals surface area contributed by atoms with E-state index in [0.29, 0.717) is 11.1 Å². The Kier molecular flexibility index (Phi) is 3.68. The second-order valence-electron chi connectivity index (χ2n) is 5.78. The lowest BCUT2D eigenvalue weighted by Crippen LogP contribution is -2.27. The van der Waals surface area contributed by atoms with Crippen molar-refractivity contribution >= 4 is 11.1 Å². The van der Waals surface area contributed by atoms with Gasteiger partial charge in [0.05, 0.1) is 18.1 Å². The molecule has 7 nitrogen and oxygen atoms in total. The highest BCUT2D eigenvalue weighted by Crippen LogP contribution is 2.30. The van der Waals surface area contributed by atoms with Crippen molar-refractivity contribution in [1.29, 1.82) is 0 Å². The molecule has 124 valence electrons. The average Bonchev–Trinajstić information content (AvgIpc) is 3.17. The van der Waals surface area contributed by atoms with Gasteiger partial charge in [0.1, 0.15) is 18.1 Å². The lowest BCUT2D eigenvalue weighted by atomic mass is 10.2. The van der Waals surface area contributed by atoms with Gasteiger partial charge in [-0.25, -0.2) is 4.79 Å². The van der Waals surface area contributed by atoms with Gasteiger partial charge in [-0.3, -0.25) is 4.57 Å². The van der Waals surface area contributed by atoms with Crippen molar-refractivity contribution in [1.82, 2.24) is 9.55 Å². The van der Waals surface area contributed by atoms with E-state index in [4.69, 9.17) is 14.3 Å². The molecule has 0 amide bonds. The van der Waals surface area contributed by atoms with Gasteiger partial charge >= 0.3 is 5.69 Å². The average molecular weight is 328 g/mol. The predicted molar refractivity (Wildman–Crippen MR) is 85.3 cm³/mol. The van der Waals surface area contributed by atoms with E-state index in [1.165, 1.54) is 4.57 Å². The molecule has 24 heavy (non-hydrogen) atoms. The lowest BCUT2D eigenvalue weighted by Gasteiger charge is -2.13. The molecule has 1 aliphatic heterocycles. The summed E-state index contributed by atoms with van der Waals surface area (Å²) < 4.78 is 12.5. The molecule has 3 atom stereocenters. The number of nitrogens with zero attached hydrogens (tertiary/aromatic N) is 2. The zero-order valence-electron chi connectivity index (χ0n) is 12.7. The van der Waals surface area contributed by atoms with E-state index in [1.54, 1.807) is 6.20 Å². The second kappa shape index (κ2) is 5.86. The van der Waals surface area contributed by atoms with Crippen LogP contribution in [-0.2, 0) is 4.74 Å². The number of furan rings is 1. The van der Waals surface area contributed by atoms with Gasteiger partial charge in [-0.15, -0.1) is 0 Å². The van der Waals surface area contributed by atoms with Crippen molar-refractivity contribution in [3.63, 3.8) is 0 Å². The number of ether oxygens (including phenoxy) is 1. The van der Waals surface area contributed by atoms with Gasteiger partial charge in [-0.1, -0.05) is 30.3 Å². The summed E-state index contributed by atoms with van der Waals surface area (Å²) in [4.78, 5) is 16.2. The second-order valence-corrected chi connectivity index (χ2v) is 5.78. The minimum Gasteiger partial charge on any atom is -0.437 e. The van der Waals surface area contributed by atoms with Crippen LogP contribution in [0.25, 0.3) is 22.4 Å². The SMILES string of the molecule is O=c1nc2oc(-c3ccccc3)cc2cn1[C@H]1C[C@H](O)[C@@H](CO)O1. The van der Waals surface area contributed by atoms with Crippen molar-refractivity contribution in [2.75, 3.05) is 6.61 Å². The fraction of sp³-hybridized carbons (Fsp3) is 0.294. The molecule has 0 aliphatic carbocycles. The van der Waals surface area contributed by atoms with Crippen molar-refractivity contribution in [2.45, 2.75) is 24.9 Å². The molecule has 2 aromatic heterocycles. The molecule has 1 saturated heterocycles. The van der Waals surface area contributed by atoms with Crippen molar-refractivity contribution in [2.24, 2.45) is 0 Å². The smallest absolute Gasteiger partial charge is 0.353 e. The minimum absolute atomic E-state index is 0.224. The monoisotopic (exact) mass is 328 g/mol. The highest BCUT2D eigenvalue weighted by molar-refractivity contribution is 5.79. The first-order valence-electron chi connectivity index (χ1n) is 7.68. The third-order valence-corrected chi connectivity index (χ3v) is 4.19. The van der Waals surface area contributed by atoms with E-state index in [1.807, 2.05) is 36.4 Å². The molecule has 0 spiro atoms. The first kappa shape index (κ1) is 15.1. The zero-order valence-corrected chi connectivity index (χ0v) is 12.7. The Morgan fingerprint density at radius 1 is 1.29 bits per heavy atom. The summed E-state index contributed by atoms with van der Waals surface area (Å²) >= 11 is 0. The topological polar surface area (TPSA) is 97.7 Å². The van der Waals surface area contributed by atoms with Gasteiger partial charge < -0.3 is 19.4 Å². The highest BCUT2D eigenvalue weighted by atomic mass is 16.5. The molecule has 1 fully saturated rings. The number of aliphatic hydroxyl groups is 2. The number of aliphatic hydroxyl groups excluding tert-OH is 2. The van der Waals surface area contributed by atoms with Crippen LogP contribution in [0.3, 0.4) is 0 Å². The first-order valence-corrected chi connectivity index (χ1v) is 7.68. The molecular weight excluding hydrogens is 312 g/mol. The van der Waals surface area contributed by atoms with E-state index in [2.05, 4.69) is 4.98 Å². The Hall–Kier alpha value is -2.48. The maximum atomic E-state index is 12.2. The number of aromatic nitrogens is 2. The molecule has 0 saturated carbocycles. The summed E-state index contributed by atoms with van der Waals surface area (Å²) in [5.74, 6) is 0.621. The Balaban J connectivity index is 1.74. The summed E-state index contributed by atoms with van der Waals surface area (Å²) in [6.07, 6.45) is -0.329. The number of rotatable bonds is 3. The van der Waals surface area contributed by atoms with Gasteiger partial charge in [-0.2, -0.15) is 4.98 Å². The molecule has 4 rings (SSSR count). The molecule has 3 heterocycles. The van der Waals surface area contributed by atoms with Crippen LogP contribution in [0.2, 0.25) is 0 Å². The van der Waals surface area contributed by atoms with Gasteiger partial charge in [-0.05, 0) is 6.07 Å². The number of hydrogen-bond donors (Lipinski definition) is 2. The van der Waals surface area contributed by atoms with Gasteiger partial charge in [0, 0.05) is 18.2 Å². The van der Waals surface area contributed by atoms with Crippen LogP contribution in [0.15, 0.2) is 51.8 Å². The normalized spacial score (nSPS) is 23.8. The molecule has 0 radical (unpaired) electrons. The van der Waals surface area contributed by atoms with Crippen LogP contribution in [-0.4, -0.2) is 38.6 Å². The Morgan fingerprint density at radius 3 is 2.79 bits per heavy atom. The summed E-state index contributed by atoms with van der Waals surface area (Å²) in [6, 6.07) is 11.3. The van der Waals surface area contributed by atoms with Crippen molar-refractivity contribution in [3.05, 3.63) is 53.1 Å². The van der Waals surface area contributed by atoms with Gasteiger partial charge in [0.2, 0.25) is 5.71 Å². The summed E-state index contributed by atoms with van der Waals surface area (Å²) in [5.41, 5.74) is 0.627. The standard InChI is InChI=1S/C17H16N2O5/c20-9-14-12(21)7-15(23-14)19-8-11-6-13(10-4-2-1-3-5-10)24-16(11)18-17(19)22/h1-6,8,12,14-15,20-21H,7,9H2/t12-,14+,15+/m0/s1. The summed E-state index contributed by atoms with van der Waals surface area (Å²) in [6.45, 7) is -0.300. The molecule has 2 N–H and O–H groups in total. The third kappa shape index (κ3) is 2.52. The van der Waals surface area contributed by atoms with E-state index in [-0.39, 0.29) is 18.7 Å². The first-order chi connectivity index (χ1) is 11.7. The van der Waals surface area contributed by atoms with E-state index in [0.717, 1.165) is 5.56 Å². The van der Waals surface area contributed by atoms with Crippen LogP contribution in [0.5, 0.6) is 0 Å². The van der Waals surface area contributed by atoms with E-state index >= 15 is 0 Å². The predicted octanol–water partition coefficient (Wildman–Crippen LogP) is 1.30. The Morgan fingerprint density at radius 2 is 2.08 bits per heavy atom. The van der Waals surface area contributed by atoms with Crippen LogP contribution in [0.4, 0.5) is 0 Å². The van der Waals surface area contributed by atoms with E-state index < -0.39 is 24.1 Å². The summed E-state index contributed by atoms with van der Waals surface area (Å²) in [7, 11) is 0. The molecule has 1 aromatic carbocycles. The largest absolute Gasteiger partial charge is 0.437 e. The van der Waals surface area contributed by atoms with Crippen LogP contribution in [0.1, 0.15) is 12.6 Å². The minimum atomic E-state index is -0.813. The number of fused-ring (bicyclic) bond motifs is 1. The maximum absolute atomic E-state index is 12.2. The van der Waals surface area contributed by atoms with Crippen LogP contribution < -0.4 is 5.69 Å². The zero-order chi connectivity index (χ0) is 16.7. The third-order valence-electron chi connectivity index (χ3n) is 4.19. The van der Waals surface area contributed by atoms with Gasteiger partial charge in [0.15, 0.2) is 0 Å². The van der Waals surface area contributed by atoms with Crippen molar-refractivity contribution < 1.29 is 19.4 Å². The van der Waals surface area contributed by atoms with Crippen molar-refractivity contribution in [3.8, 4) is 11.3 Å². The Bertz CT molecular complexity index is 918. The van der Waals surface area contributed by atoms with Crippen LogP contribution in [0, 0.1) is 0 Å². The number of hydrogen-bond acceptors (Lipinski definition) is 6. The molecule has 3 aromatic rings. The fourth-order valence-corrected chi connectivity index (χ4v) is 2.93. The molecule has 0 unspecified atom stereocenters. The molecule has 1 aliphatic rings. The highest BCUT2D eigenvalue weighted by Gasteiger charge is 2.35. The molecule has 0 bridgehead atoms. The quantitative estimate of drug-likeness (QED) is 0.752. The molecule has 7 heteroatoms. The van der Waals surface area contributed by atoms with Gasteiger partial charge in [0.25, 0.3) is 0 Å². The van der Waals surface area contributed by atoms with Crippen LogP contribution >= 0.6 is 0 Å². The molecular formula is C17H16N2O5. The maximum Gasteiger partial charge on any atom is 0.353 e. The van der Waals surface area contributed by atoms with E-state index in [9.17, 15) is 9.90 Å². The lowest BCUT2D eigenvalue weighted by molar-refractivity contribution is -0.0457. The Labute approximate surface area is 136 Å². The fourth-order valence-electron chi connectivity index (χ4n) is 2.93.